The lowest BCUT2D eigenvalue weighted by Crippen LogP contribution is -2.35. The van der Waals surface area contributed by atoms with Crippen LogP contribution in [0.1, 0.15) is 15.9 Å². The molecule has 2 N–H and O–H groups in total. The molecule has 0 aliphatic carbocycles. The third kappa shape index (κ3) is 6.79. The van der Waals surface area contributed by atoms with Crippen molar-refractivity contribution in [1.29, 1.82) is 0 Å². The zero-order chi connectivity index (χ0) is 22.2. The molecule has 3 amide bonds. The van der Waals surface area contributed by atoms with Crippen molar-refractivity contribution in [1.82, 2.24) is 4.90 Å². The van der Waals surface area contributed by atoms with E-state index in [0.717, 1.165) is 10.0 Å². The van der Waals surface area contributed by atoms with E-state index < -0.39 is 0 Å². The highest BCUT2D eigenvalue weighted by molar-refractivity contribution is 9.10. The Kier molecular flexibility index (Phi) is 7.56. The van der Waals surface area contributed by atoms with Crippen molar-refractivity contribution in [3.05, 3.63) is 94.5 Å². The van der Waals surface area contributed by atoms with Crippen LogP contribution < -0.4 is 10.6 Å². The van der Waals surface area contributed by atoms with E-state index in [2.05, 4.69) is 26.6 Å². The lowest BCUT2D eigenvalue weighted by atomic mass is 10.1. The first-order chi connectivity index (χ1) is 14.9. The van der Waals surface area contributed by atoms with E-state index in [1.165, 1.54) is 4.90 Å². The summed E-state index contributed by atoms with van der Waals surface area (Å²) in [5.41, 5.74) is 2.67. The largest absolute Gasteiger partial charge is 0.336 e. The Morgan fingerprint density at radius 2 is 1.42 bits per heavy atom. The fraction of sp³-hybridized carbons (Fsp3) is 0.125. The van der Waals surface area contributed by atoms with Gasteiger partial charge >= 0.3 is 0 Å². The van der Waals surface area contributed by atoms with Crippen molar-refractivity contribution in [3.8, 4) is 0 Å². The van der Waals surface area contributed by atoms with E-state index in [0.29, 0.717) is 16.9 Å². The van der Waals surface area contributed by atoms with Crippen LogP contribution in [-0.4, -0.2) is 36.2 Å². The van der Waals surface area contributed by atoms with Crippen LogP contribution in [-0.2, 0) is 16.0 Å². The predicted octanol–water partition coefficient (Wildman–Crippen LogP) is 4.34. The third-order valence-corrected chi connectivity index (χ3v) is 5.07. The number of halogens is 1. The van der Waals surface area contributed by atoms with Gasteiger partial charge < -0.3 is 15.5 Å². The van der Waals surface area contributed by atoms with Gasteiger partial charge in [0.05, 0.1) is 13.0 Å². The smallest absolute Gasteiger partial charge is 0.255 e. The number of rotatable bonds is 7. The zero-order valence-electron chi connectivity index (χ0n) is 17.0. The van der Waals surface area contributed by atoms with Gasteiger partial charge in [0, 0.05) is 28.5 Å². The number of hydrogen-bond acceptors (Lipinski definition) is 3. The fourth-order valence-electron chi connectivity index (χ4n) is 2.85. The highest BCUT2D eigenvalue weighted by Gasteiger charge is 2.14. The molecule has 0 spiro atoms. The summed E-state index contributed by atoms with van der Waals surface area (Å²) in [5, 5.41) is 5.59. The summed E-state index contributed by atoms with van der Waals surface area (Å²) in [4.78, 5) is 38.2. The van der Waals surface area contributed by atoms with Gasteiger partial charge in [-0.2, -0.15) is 0 Å². The Morgan fingerprint density at radius 3 is 2.06 bits per heavy atom. The number of carbonyl (C=O) groups is 3. The maximum absolute atomic E-state index is 12.4. The van der Waals surface area contributed by atoms with Crippen molar-refractivity contribution >= 4 is 45.0 Å². The average Bonchev–Trinajstić information content (AvgIpc) is 2.76. The van der Waals surface area contributed by atoms with Gasteiger partial charge in [0.2, 0.25) is 11.8 Å². The summed E-state index contributed by atoms with van der Waals surface area (Å²) in [5.74, 6) is -0.636. The van der Waals surface area contributed by atoms with E-state index in [-0.39, 0.29) is 30.7 Å². The number of benzene rings is 3. The molecule has 3 aromatic rings. The van der Waals surface area contributed by atoms with Crippen LogP contribution in [0.3, 0.4) is 0 Å². The number of para-hydroxylation sites is 1. The molecule has 0 fully saturated rings. The molecule has 0 radical (unpaired) electrons. The monoisotopic (exact) mass is 479 g/mol. The lowest BCUT2D eigenvalue weighted by Gasteiger charge is -2.17. The molecule has 0 saturated heterocycles. The summed E-state index contributed by atoms with van der Waals surface area (Å²) in [7, 11) is 1.60. The van der Waals surface area contributed by atoms with Crippen molar-refractivity contribution in [2.45, 2.75) is 6.42 Å². The van der Waals surface area contributed by atoms with Crippen molar-refractivity contribution in [2.75, 3.05) is 24.2 Å². The van der Waals surface area contributed by atoms with Crippen LogP contribution in [0.25, 0.3) is 0 Å². The standard InChI is InChI=1S/C24H22BrN3O3/c1-28(16-22(29)26-20-5-3-2-4-6-20)23(30)15-17-7-13-21(14-8-17)27-24(31)18-9-11-19(25)12-10-18/h2-14H,15-16H2,1H3,(H,26,29)(H,27,31). The number of likely N-dealkylation sites (N-methyl/N-ethyl adjacent to an activating group) is 1. The second kappa shape index (κ2) is 10.5. The molecule has 158 valence electrons. The van der Waals surface area contributed by atoms with Gasteiger partial charge in [-0.1, -0.05) is 46.3 Å². The molecule has 3 rings (SSSR count). The molecule has 0 saturated carbocycles. The number of amides is 3. The van der Waals surface area contributed by atoms with Crippen molar-refractivity contribution in [3.63, 3.8) is 0 Å². The van der Waals surface area contributed by atoms with Crippen LogP contribution in [0.5, 0.6) is 0 Å². The van der Waals surface area contributed by atoms with Crippen LogP contribution in [0, 0.1) is 0 Å². The van der Waals surface area contributed by atoms with Gasteiger partial charge in [0.15, 0.2) is 0 Å². The minimum absolute atomic E-state index is 0.0327. The molecular formula is C24H22BrN3O3. The average molecular weight is 480 g/mol. The first-order valence-corrected chi connectivity index (χ1v) is 10.4. The molecule has 0 aromatic heterocycles. The molecule has 0 heterocycles. The van der Waals surface area contributed by atoms with E-state index in [4.69, 9.17) is 0 Å². The molecule has 7 heteroatoms. The van der Waals surface area contributed by atoms with E-state index in [9.17, 15) is 14.4 Å². The van der Waals surface area contributed by atoms with Crippen molar-refractivity contribution < 1.29 is 14.4 Å². The molecule has 0 atom stereocenters. The Hall–Kier alpha value is -3.45. The van der Waals surface area contributed by atoms with Crippen molar-refractivity contribution in [2.24, 2.45) is 0 Å². The van der Waals surface area contributed by atoms with Gasteiger partial charge in [-0.15, -0.1) is 0 Å². The van der Waals surface area contributed by atoms with Crippen LogP contribution in [0.15, 0.2) is 83.3 Å². The Bertz CT molecular complexity index is 1050. The zero-order valence-corrected chi connectivity index (χ0v) is 18.6. The van der Waals surface area contributed by atoms with E-state index >= 15 is 0 Å². The molecule has 6 nitrogen and oxygen atoms in total. The minimum atomic E-state index is -0.256. The van der Waals surface area contributed by atoms with Crippen LogP contribution >= 0.6 is 15.9 Å². The fourth-order valence-corrected chi connectivity index (χ4v) is 3.11. The second-order valence-corrected chi connectivity index (χ2v) is 7.91. The first kappa shape index (κ1) is 22.2. The maximum atomic E-state index is 12.4. The number of hydrogen-bond donors (Lipinski definition) is 2. The summed E-state index contributed by atoms with van der Waals surface area (Å²) in [6.45, 7) is -0.0327. The normalized spacial score (nSPS) is 10.3. The number of nitrogens with zero attached hydrogens (tertiary/aromatic N) is 1. The summed E-state index contributed by atoms with van der Waals surface area (Å²) >= 11 is 3.34. The highest BCUT2D eigenvalue weighted by atomic mass is 79.9. The Labute approximate surface area is 189 Å². The molecular weight excluding hydrogens is 458 g/mol. The third-order valence-electron chi connectivity index (χ3n) is 4.54. The number of carbonyl (C=O) groups excluding carboxylic acids is 3. The second-order valence-electron chi connectivity index (χ2n) is 7.00. The lowest BCUT2D eigenvalue weighted by molar-refractivity contribution is -0.132. The first-order valence-electron chi connectivity index (χ1n) is 9.65. The summed E-state index contributed by atoms with van der Waals surface area (Å²) in [6.07, 6.45) is 0.163. The topological polar surface area (TPSA) is 78.5 Å². The number of anilines is 2. The van der Waals surface area contributed by atoms with Gasteiger partial charge in [0.25, 0.3) is 5.91 Å². The molecule has 31 heavy (non-hydrogen) atoms. The summed E-state index contributed by atoms with van der Waals surface area (Å²) in [6, 6.07) is 23.2. The van der Waals surface area contributed by atoms with Gasteiger partial charge in [-0.05, 0) is 54.1 Å². The highest BCUT2D eigenvalue weighted by Crippen LogP contribution is 2.15. The molecule has 0 bridgehead atoms. The Morgan fingerprint density at radius 1 is 0.806 bits per heavy atom. The summed E-state index contributed by atoms with van der Waals surface area (Å²) < 4.78 is 0.903. The number of nitrogens with one attached hydrogen (secondary N) is 2. The maximum Gasteiger partial charge on any atom is 0.255 e. The van der Waals surface area contributed by atoms with Gasteiger partial charge in [-0.25, -0.2) is 0 Å². The molecule has 3 aromatic carbocycles. The van der Waals surface area contributed by atoms with Crippen LogP contribution in [0.4, 0.5) is 11.4 Å². The van der Waals surface area contributed by atoms with E-state index in [1.54, 1.807) is 67.7 Å². The molecule has 0 aliphatic heterocycles. The van der Waals surface area contributed by atoms with E-state index in [1.807, 2.05) is 18.2 Å². The minimum Gasteiger partial charge on any atom is -0.336 e. The molecule has 0 unspecified atom stereocenters. The SMILES string of the molecule is CN(CC(=O)Nc1ccccc1)C(=O)Cc1ccc(NC(=O)c2ccc(Br)cc2)cc1. The van der Waals surface area contributed by atoms with Crippen LogP contribution in [0.2, 0.25) is 0 Å². The van der Waals surface area contributed by atoms with Gasteiger partial charge in [-0.3, -0.25) is 14.4 Å². The molecule has 0 aliphatic rings. The Balaban J connectivity index is 1.50. The quantitative estimate of drug-likeness (QED) is 0.528. The van der Waals surface area contributed by atoms with Gasteiger partial charge in [0.1, 0.15) is 0 Å². The predicted molar refractivity (Wildman–Crippen MR) is 125 cm³/mol.